The molecule has 3 heterocycles. The normalized spacial score (nSPS) is 26.1. The molecule has 0 spiro atoms. The first kappa shape index (κ1) is 17.4. The fourth-order valence-electron chi connectivity index (χ4n) is 4.04. The standard InChI is InChI=1S/C19H23N5OS/c20-11-15-3-2-10-24(15)17(25)12-22-14-7-5-13(6-8-14)18-23-16-4-1-9-21-19(16)26-18/h1,4,9,13-15,22H,2-3,5-8,10,12H2. The SMILES string of the molecule is N#CC1CCCN1C(=O)CNC1CCC(c2nc3cccnc3s2)CC1. The second-order valence-corrected chi connectivity index (χ2v) is 8.19. The molecule has 136 valence electrons. The van der Waals surface area contributed by atoms with E-state index < -0.39 is 0 Å². The van der Waals surface area contributed by atoms with E-state index >= 15 is 0 Å². The Labute approximate surface area is 157 Å². The van der Waals surface area contributed by atoms with Crippen LogP contribution >= 0.6 is 11.3 Å². The number of amides is 1. The summed E-state index contributed by atoms with van der Waals surface area (Å²) in [6.45, 7) is 1.07. The van der Waals surface area contributed by atoms with Crippen molar-refractivity contribution >= 4 is 27.6 Å². The summed E-state index contributed by atoms with van der Waals surface area (Å²) in [4.78, 5) is 24.2. The molecule has 0 aromatic carbocycles. The molecule has 0 radical (unpaired) electrons. The largest absolute Gasteiger partial charge is 0.326 e. The van der Waals surface area contributed by atoms with Gasteiger partial charge < -0.3 is 10.2 Å². The van der Waals surface area contributed by atoms with Crippen molar-refractivity contribution < 1.29 is 4.79 Å². The summed E-state index contributed by atoms with van der Waals surface area (Å²) in [5.41, 5.74) is 0.996. The molecule has 26 heavy (non-hydrogen) atoms. The number of rotatable bonds is 4. The van der Waals surface area contributed by atoms with Gasteiger partial charge in [0, 0.05) is 24.7 Å². The molecule has 7 heteroatoms. The van der Waals surface area contributed by atoms with Crippen LogP contribution in [0.2, 0.25) is 0 Å². The summed E-state index contributed by atoms with van der Waals surface area (Å²) in [6.07, 6.45) is 7.87. The average molecular weight is 369 g/mol. The number of fused-ring (bicyclic) bond motifs is 1. The van der Waals surface area contributed by atoms with Crippen molar-refractivity contribution in [3.63, 3.8) is 0 Å². The van der Waals surface area contributed by atoms with Crippen LogP contribution < -0.4 is 5.32 Å². The highest BCUT2D eigenvalue weighted by Crippen LogP contribution is 2.36. The number of hydrogen-bond acceptors (Lipinski definition) is 6. The number of nitriles is 1. The van der Waals surface area contributed by atoms with Gasteiger partial charge in [-0.3, -0.25) is 4.79 Å². The lowest BCUT2D eigenvalue weighted by atomic mass is 9.86. The number of thiazole rings is 1. The zero-order valence-corrected chi connectivity index (χ0v) is 15.5. The number of nitrogens with zero attached hydrogens (tertiary/aromatic N) is 4. The number of carbonyl (C=O) groups excluding carboxylic acids is 1. The van der Waals surface area contributed by atoms with Crippen molar-refractivity contribution in [1.82, 2.24) is 20.2 Å². The van der Waals surface area contributed by atoms with Crippen LogP contribution in [0.4, 0.5) is 0 Å². The lowest BCUT2D eigenvalue weighted by molar-refractivity contribution is -0.130. The highest BCUT2D eigenvalue weighted by molar-refractivity contribution is 7.18. The molecule has 2 aliphatic rings. The van der Waals surface area contributed by atoms with Crippen LogP contribution in [-0.4, -0.2) is 45.9 Å². The molecule has 2 aromatic rings. The van der Waals surface area contributed by atoms with Gasteiger partial charge in [-0.2, -0.15) is 5.26 Å². The Balaban J connectivity index is 1.27. The number of hydrogen-bond donors (Lipinski definition) is 1. The second-order valence-electron chi connectivity index (χ2n) is 7.18. The molecule has 1 N–H and O–H groups in total. The lowest BCUT2D eigenvalue weighted by Crippen LogP contribution is -2.44. The number of carbonyl (C=O) groups is 1. The Bertz CT molecular complexity index is 788. The van der Waals surface area contributed by atoms with E-state index in [4.69, 9.17) is 10.2 Å². The van der Waals surface area contributed by atoms with E-state index in [9.17, 15) is 4.79 Å². The Morgan fingerprint density at radius 3 is 2.96 bits per heavy atom. The van der Waals surface area contributed by atoms with Crippen molar-refractivity contribution in [2.45, 2.75) is 56.5 Å². The molecular weight excluding hydrogens is 346 g/mol. The lowest BCUT2D eigenvalue weighted by Gasteiger charge is -2.29. The monoisotopic (exact) mass is 369 g/mol. The molecule has 4 rings (SSSR count). The Morgan fingerprint density at radius 2 is 2.19 bits per heavy atom. The van der Waals surface area contributed by atoms with E-state index in [0.717, 1.165) is 55.4 Å². The van der Waals surface area contributed by atoms with Gasteiger partial charge in [-0.1, -0.05) is 11.3 Å². The van der Waals surface area contributed by atoms with Crippen molar-refractivity contribution in [2.24, 2.45) is 0 Å². The first-order valence-corrected chi connectivity index (χ1v) is 10.2. The van der Waals surface area contributed by atoms with Gasteiger partial charge in [0.1, 0.15) is 16.4 Å². The molecule has 1 amide bonds. The van der Waals surface area contributed by atoms with Crippen LogP contribution in [-0.2, 0) is 4.79 Å². The Kier molecular flexibility index (Phi) is 5.14. The van der Waals surface area contributed by atoms with Gasteiger partial charge in [-0.05, 0) is 50.7 Å². The number of aromatic nitrogens is 2. The molecule has 1 unspecified atom stereocenters. The van der Waals surface area contributed by atoms with Crippen molar-refractivity contribution in [3.05, 3.63) is 23.3 Å². The third kappa shape index (κ3) is 3.57. The molecule has 1 aliphatic carbocycles. The molecule has 0 bridgehead atoms. The Morgan fingerprint density at radius 1 is 1.35 bits per heavy atom. The minimum atomic E-state index is -0.229. The summed E-state index contributed by atoms with van der Waals surface area (Å²) in [6, 6.07) is 6.34. The van der Waals surface area contributed by atoms with Crippen molar-refractivity contribution in [3.8, 4) is 6.07 Å². The fourth-order valence-corrected chi connectivity index (χ4v) is 5.11. The minimum absolute atomic E-state index is 0.0634. The molecule has 2 fully saturated rings. The smallest absolute Gasteiger partial charge is 0.237 e. The summed E-state index contributed by atoms with van der Waals surface area (Å²) in [5, 5.41) is 13.7. The second kappa shape index (κ2) is 7.68. The van der Waals surface area contributed by atoms with E-state index in [1.54, 1.807) is 16.2 Å². The molecule has 2 aromatic heterocycles. The first-order chi connectivity index (χ1) is 12.7. The van der Waals surface area contributed by atoms with E-state index in [1.165, 1.54) is 5.01 Å². The summed E-state index contributed by atoms with van der Waals surface area (Å²) >= 11 is 1.71. The van der Waals surface area contributed by atoms with E-state index in [0.29, 0.717) is 18.5 Å². The number of pyridine rings is 1. The maximum absolute atomic E-state index is 12.3. The third-order valence-corrected chi connectivity index (χ3v) is 6.67. The predicted octanol–water partition coefficient (Wildman–Crippen LogP) is 2.82. The van der Waals surface area contributed by atoms with Gasteiger partial charge in [0.15, 0.2) is 0 Å². The molecule has 1 saturated carbocycles. The zero-order valence-electron chi connectivity index (χ0n) is 14.7. The molecule has 1 saturated heterocycles. The van der Waals surface area contributed by atoms with Gasteiger partial charge in [-0.25, -0.2) is 9.97 Å². The topological polar surface area (TPSA) is 81.9 Å². The maximum Gasteiger partial charge on any atom is 0.237 e. The van der Waals surface area contributed by atoms with Crippen LogP contribution in [0.1, 0.15) is 49.5 Å². The highest BCUT2D eigenvalue weighted by atomic mass is 32.1. The van der Waals surface area contributed by atoms with Crippen LogP contribution in [0, 0.1) is 11.3 Å². The number of nitrogens with one attached hydrogen (secondary N) is 1. The molecular formula is C19H23N5OS. The highest BCUT2D eigenvalue weighted by Gasteiger charge is 2.29. The van der Waals surface area contributed by atoms with Crippen molar-refractivity contribution in [1.29, 1.82) is 5.26 Å². The van der Waals surface area contributed by atoms with E-state index in [2.05, 4.69) is 16.4 Å². The van der Waals surface area contributed by atoms with Gasteiger partial charge in [0.25, 0.3) is 0 Å². The van der Waals surface area contributed by atoms with Crippen molar-refractivity contribution in [2.75, 3.05) is 13.1 Å². The van der Waals surface area contributed by atoms with Gasteiger partial charge >= 0.3 is 0 Å². The van der Waals surface area contributed by atoms with E-state index in [1.807, 2.05) is 18.3 Å². The number of likely N-dealkylation sites (tertiary alicyclic amines) is 1. The van der Waals surface area contributed by atoms with E-state index in [-0.39, 0.29) is 11.9 Å². The zero-order chi connectivity index (χ0) is 17.9. The van der Waals surface area contributed by atoms with Gasteiger partial charge in [0.05, 0.1) is 17.6 Å². The van der Waals surface area contributed by atoms with Crippen LogP contribution in [0.15, 0.2) is 18.3 Å². The molecule has 1 aliphatic heterocycles. The summed E-state index contributed by atoms with van der Waals surface area (Å²) in [5.74, 6) is 0.568. The Hall–Kier alpha value is -2.04. The average Bonchev–Trinajstić information content (AvgIpc) is 3.33. The van der Waals surface area contributed by atoms with Gasteiger partial charge in [-0.15, -0.1) is 0 Å². The quantitative estimate of drug-likeness (QED) is 0.896. The van der Waals surface area contributed by atoms with Crippen LogP contribution in [0.5, 0.6) is 0 Å². The van der Waals surface area contributed by atoms with Crippen LogP contribution in [0.3, 0.4) is 0 Å². The third-order valence-electron chi connectivity index (χ3n) is 5.52. The predicted molar refractivity (Wildman–Crippen MR) is 101 cm³/mol. The minimum Gasteiger partial charge on any atom is -0.326 e. The first-order valence-electron chi connectivity index (χ1n) is 9.38. The maximum atomic E-state index is 12.3. The van der Waals surface area contributed by atoms with Gasteiger partial charge in [0.2, 0.25) is 5.91 Å². The molecule has 6 nitrogen and oxygen atoms in total. The summed E-state index contributed by atoms with van der Waals surface area (Å²) in [7, 11) is 0. The van der Waals surface area contributed by atoms with Crippen LogP contribution in [0.25, 0.3) is 10.3 Å². The molecule has 1 atom stereocenters. The summed E-state index contributed by atoms with van der Waals surface area (Å²) < 4.78 is 0. The fraction of sp³-hybridized carbons (Fsp3) is 0.579.